The largest absolute Gasteiger partial charge is 0.399 e. The van der Waals surface area contributed by atoms with E-state index in [9.17, 15) is 4.79 Å². The third-order valence-electron chi connectivity index (χ3n) is 4.44. The second kappa shape index (κ2) is 7.59. The molecule has 1 heterocycles. The Bertz CT molecular complexity index is 662. The number of anilines is 2. The molecule has 1 aromatic heterocycles. The fourth-order valence-corrected chi connectivity index (χ4v) is 3.89. The average Bonchev–Trinajstić information content (AvgIpc) is 3.02. The minimum atomic E-state index is 0.0732. The Morgan fingerprint density at radius 3 is 2.91 bits per heavy atom. The molecule has 0 radical (unpaired) electrons. The summed E-state index contributed by atoms with van der Waals surface area (Å²) in [7, 11) is 0. The molecule has 1 aliphatic carbocycles. The van der Waals surface area contributed by atoms with Crippen LogP contribution in [0.4, 0.5) is 10.8 Å². The van der Waals surface area contributed by atoms with E-state index in [0.717, 1.165) is 23.6 Å². The molecule has 3 N–H and O–H groups in total. The molecule has 2 aromatic rings. The van der Waals surface area contributed by atoms with Gasteiger partial charge in [0.1, 0.15) is 0 Å². The molecule has 0 spiro atoms. The lowest BCUT2D eigenvalue weighted by Crippen LogP contribution is -2.14. The lowest BCUT2D eigenvalue weighted by atomic mass is 9.86. The highest BCUT2D eigenvalue weighted by Gasteiger charge is 2.15. The highest BCUT2D eigenvalue weighted by molar-refractivity contribution is 7.14. The van der Waals surface area contributed by atoms with Crippen LogP contribution in [0.5, 0.6) is 0 Å². The minimum absolute atomic E-state index is 0.0732. The number of nitrogens with zero attached hydrogens (tertiary/aromatic N) is 1. The maximum Gasteiger partial charge on any atom is 0.226 e. The van der Waals surface area contributed by atoms with Crippen LogP contribution in [0.25, 0.3) is 11.3 Å². The number of nitrogens with one attached hydrogen (secondary N) is 1. The average molecular weight is 329 g/mol. The zero-order valence-electron chi connectivity index (χ0n) is 13.3. The van der Waals surface area contributed by atoms with Gasteiger partial charge in [0, 0.05) is 23.1 Å². The van der Waals surface area contributed by atoms with Crippen molar-refractivity contribution in [1.29, 1.82) is 0 Å². The topological polar surface area (TPSA) is 68.0 Å². The fourth-order valence-electron chi connectivity index (χ4n) is 3.15. The summed E-state index contributed by atoms with van der Waals surface area (Å²) in [6.45, 7) is 0. The highest BCUT2D eigenvalue weighted by Crippen LogP contribution is 2.28. The first-order valence-corrected chi connectivity index (χ1v) is 9.20. The lowest BCUT2D eigenvalue weighted by molar-refractivity contribution is -0.116. The second-order valence-electron chi connectivity index (χ2n) is 6.25. The van der Waals surface area contributed by atoms with E-state index in [0.29, 0.717) is 17.2 Å². The lowest BCUT2D eigenvalue weighted by Gasteiger charge is -2.20. The van der Waals surface area contributed by atoms with Crippen LogP contribution in [0.15, 0.2) is 29.6 Å². The normalized spacial score (nSPS) is 15.5. The van der Waals surface area contributed by atoms with Gasteiger partial charge >= 0.3 is 0 Å². The summed E-state index contributed by atoms with van der Waals surface area (Å²) >= 11 is 1.46. The number of hydrogen-bond donors (Lipinski definition) is 2. The van der Waals surface area contributed by atoms with Crippen molar-refractivity contribution in [2.75, 3.05) is 11.1 Å². The first kappa shape index (κ1) is 16.0. The molecule has 1 fully saturated rings. The fraction of sp³-hybridized carbons (Fsp3) is 0.444. The van der Waals surface area contributed by atoms with Crippen LogP contribution in [-0.4, -0.2) is 10.9 Å². The Balaban J connectivity index is 1.53. The minimum Gasteiger partial charge on any atom is -0.399 e. The zero-order chi connectivity index (χ0) is 16.1. The number of nitrogen functional groups attached to an aromatic ring is 1. The van der Waals surface area contributed by atoms with E-state index < -0.39 is 0 Å². The molecule has 0 bridgehead atoms. The van der Waals surface area contributed by atoms with Gasteiger partial charge in [0.25, 0.3) is 0 Å². The van der Waals surface area contributed by atoms with Crippen LogP contribution in [0, 0.1) is 5.92 Å². The Kier molecular flexibility index (Phi) is 5.28. The van der Waals surface area contributed by atoms with Gasteiger partial charge in [-0.15, -0.1) is 11.3 Å². The first-order valence-electron chi connectivity index (χ1n) is 8.32. The third kappa shape index (κ3) is 4.55. The molecule has 4 nitrogen and oxygen atoms in total. The molecule has 122 valence electrons. The Hall–Kier alpha value is -1.88. The number of hydrogen-bond acceptors (Lipinski definition) is 4. The Morgan fingerprint density at radius 1 is 1.30 bits per heavy atom. The quantitative estimate of drug-likeness (QED) is 0.782. The number of benzene rings is 1. The number of nitrogens with two attached hydrogens (primary N) is 1. The summed E-state index contributed by atoms with van der Waals surface area (Å²) in [4.78, 5) is 16.6. The van der Waals surface area contributed by atoms with Crippen LogP contribution in [0.2, 0.25) is 0 Å². The van der Waals surface area contributed by atoms with Crippen LogP contribution >= 0.6 is 11.3 Å². The van der Waals surface area contributed by atoms with E-state index in [-0.39, 0.29) is 5.91 Å². The summed E-state index contributed by atoms with van der Waals surface area (Å²) in [6, 6.07) is 7.63. The van der Waals surface area contributed by atoms with Gasteiger partial charge in [0.15, 0.2) is 5.13 Å². The van der Waals surface area contributed by atoms with E-state index in [4.69, 9.17) is 5.73 Å². The molecule has 0 unspecified atom stereocenters. The summed E-state index contributed by atoms with van der Waals surface area (Å²) in [5.74, 6) is 0.803. The highest BCUT2D eigenvalue weighted by atomic mass is 32.1. The van der Waals surface area contributed by atoms with E-state index >= 15 is 0 Å². The van der Waals surface area contributed by atoms with E-state index in [2.05, 4.69) is 10.3 Å². The maximum absolute atomic E-state index is 12.1. The summed E-state index contributed by atoms with van der Waals surface area (Å²) < 4.78 is 0. The van der Waals surface area contributed by atoms with Crippen molar-refractivity contribution in [2.45, 2.75) is 44.9 Å². The molecule has 0 aliphatic heterocycles. The van der Waals surface area contributed by atoms with Crippen molar-refractivity contribution in [1.82, 2.24) is 4.98 Å². The summed E-state index contributed by atoms with van der Waals surface area (Å²) in [5.41, 5.74) is 8.34. The molecule has 1 saturated carbocycles. The van der Waals surface area contributed by atoms with Gasteiger partial charge in [-0.25, -0.2) is 4.98 Å². The summed E-state index contributed by atoms with van der Waals surface area (Å²) in [5, 5.41) is 5.54. The van der Waals surface area contributed by atoms with Gasteiger partial charge in [-0.1, -0.05) is 44.2 Å². The zero-order valence-corrected chi connectivity index (χ0v) is 14.1. The van der Waals surface area contributed by atoms with Gasteiger partial charge in [-0.3, -0.25) is 4.79 Å². The van der Waals surface area contributed by atoms with E-state index in [1.54, 1.807) is 0 Å². The van der Waals surface area contributed by atoms with Gasteiger partial charge in [-0.05, 0) is 24.5 Å². The number of carbonyl (C=O) groups is 1. The molecular formula is C18H23N3OS. The Morgan fingerprint density at radius 2 is 2.13 bits per heavy atom. The molecule has 5 heteroatoms. The predicted octanol–water partition coefficient (Wildman–Crippen LogP) is 4.69. The van der Waals surface area contributed by atoms with E-state index in [1.165, 1.54) is 43.4 Å². The molecule has 3 rings (SSSR count). The van der Waals surface area contributed by atoms with Crippen molar-refractivity contribution in [3.05, 3.63) is 29.6 Å². The monoisotopic (exact) mass is 329 g/mol. The number of carbonyl (C=O) groups excluding carboxylic acids is 1. The molecule has 1 aromatic carbocycles. The Labute approximate surface area is 141 Å². The summed E-state index contributed by atoms with van der Waals surface area (Å²) in [6.07, 6.45) is 8.16. The molecule has 23 heavy (non-hydrogen) atoms. The molecule has 0 saturated heterocycles. The standard InChI is InChI=1S/C18H23N3OS/c19-15-8-4-7-14(11-15)16-12-23-18(20-16)21-17(22)10-9-13-5-2-1-3-6-13/h4,7-8,11-13H,1-3,5-6,9-10,19H2,(H,20,21,22). The van der Waals surface area contributed by atoms with Gasteiger partial charge in [-0.2, -0.15) is 0 Å². The SMILES string of the molecule is Nc1cccc(-c2csc(NC(=O)CCC3CCCCC3)n2)c1. The number of rotatable bonds is 5. The van der Waals surface area contributed by atoms with Gasteiger partial charge in [0.05, 0.1) is 5.69 Å². The van der Waals surface area contributed by atoms with Crippen molar-refractivity contribution < 1.29 is 4.79 Å². The van der Waals surface area contributed by atoms with Crippen LogP contribution in [0.1, 0.15) is 44.9 Å². The van der Waals surface area contributed by atoms with Crippen molar-refractivity contribution in [3.63, 3.8) is 0 Å². The van der Waals surface area contributed by atoms with Crippen LogP contribution in [0.3, 0.4) is 0 Å². The van der Waals surface area contributed by atoms with Gasteiger partial charge < -0.3 is 11.1 Å². The second-order valence-corrected chi connectivity index (χ2v) is 7.11. The maximum atomic E-state index is 12.1. The molecule has 1 aliphatic rings. The smallest absolute Gasteiger partial charge is 0.226 e. The molecule has 0 atom stereocenters. The van der Waals surface area contributed by atoms with E-state index in [1.807, 2.05) is 29.6 Å². The number of amides is 1. The molecular weight excluding hydrogens is 306 g/mol. The van der Waals surface area contributed by atoms with Crippen LogP contribution in [-0.2, 0) is 4.79 Å². The van der Waals surface area contributed by atoms with Crippen molar-refractivity contribution in [2.24, 2.45) is 5.92 Å². The van der Waals surface area contributed by atoms with Gasteiger partial charge in [0.2, 0.25) is 5.91 Å². The number of thiazole rings is 1. The predicted molar refractivity (Wildman–Crippen MR) is 96.4 cm³/mol. The van der Waals surface area contributed by atoms with Crippen molar-refractivity contribution >= 4 is 28.1 Å². The van der Waals surface area contributed by atoms with Crippen LogP contribution < -0.4 is 11.1 Å². The van der Waals surface area contributed by atoms with Crippen molar-refractivity contribution in [3.8, 4) is 11.3 Å². The number of aromatic nitrogens is 1. The third-order valence-corrected chi connectivity index (χ3v) is 5.20. The molecule has 1 amide bonds. The first-order chi connectivity index (χ1) is 11.2.